The van der Waals surface area contributed by atoms with Gasteiger partial charge < -0.3 is 10.4 Å². The average molecular weight is 389 g/mol. The number of amides is 1. The lowest BCUT2D eigenvalue weighted by Gasteiger charge is -2.06. The van der Waals surface area contributed by atoms with Crippen LogP contribution in [0.4, 0.5) is 0 Å². The summed E-state index contributed by atoms with van der Waals surface area (Å²) >= 11 is 10.9. The molecule has 0 spiro atoms. The third-order valence-corrected chi connectivity index (χ3v) is 5.06. The van der Waals surface area contributed by atoms with Crippen LogP contribution in [0.15, 0.2) is 34.8 Å². The van der Waals surface area contributed by atoms with E-state index in [1.165, 1.54) is 0 Å². The van der Waals surface area contributed by atoms with Gasteiger partial charge in [-0.1, -0.05) is 27.5 Å². The summed E-state index contributed by atoms with van der Waals surface area (Å²) in [6.07, 6.45) is 0.285. The van der Waals surface area contributed by atoms with Gasteiger partial charge in [0.05, 0.1) is 16.7 Å². The molecule has 6 heteroatoms. The second-order valence-corrected chi connectivity index (χ2v) is 7.13. The van der Waals surface area contributed by atoms with Crippen molar-refractivity contribution in [2.24, 2.45) is 0 Å². The summed E-state index contributed by atoms with van der Waals surface area (Å²) in [4.78, 5) is 14.1. The molecule has 1 aromatic carbocycles. The Kier molecular flexibility index (Phi) is 5.81. The molecule has 0 aliphatic heterocycles. The van der Waals surface area contributed by atoms with Crippen molar-refractivity contribution < 1.29 is 9.90 Å². The van der Waals surface area contributed by atoms with E-state index in [-0.39, 0.29) is 5.91 Å². The summed E-state index contributed by atoms with van der Waals surface area (Å²) in [7, 11) is 0. The first-order valence-electron chi connectivity index (χ1n) is 6.47. The molecule has 0 unspecified atom stereocenters. The van der Waals surface area contributed by atoms with Crippen molar-refractivity contribution >= 4 is 44.8 Å². The van der Waals surface area contributed by atoms with Crippen LogP contribution >= 0.6 is 38.9 Å². The van der Waals surface area contributed by atoms with E-state index in [0.717, 1.165) is 20.6 Å². The topological polar surface area (TPSA) is 49.3 Å². The van der Waals surface area contributed by atoms with Crippen LogP contribution in [0.1, 0.15) is 33.1 Å². The third kappa shape index (κ3) is 4.54. The van der Waals surface area contributed by atoms with Crippen molar-refractivity contribution in [3.8, 4) is 0 Å². The Morgan fingerprint density at radius 3 is 2.86 bits per heavy atom. The second kappa shape index (κ2) is 7.40. The van der Waals surface area contributed by atoms with Crippen molar-refractivity contribution in [3.63, 3.8) is 0 Å². The zero-order valence-corrected chi connectivity index (χ0v) is 14.6. The van der Waals surface area contributed by atoms with Gasteiger partial charge in [-0.2, -0.15) is 0 Å². The molecule has 2 N–H and O–H groups in total. The highest BCUT2D eigenvalue weighted by Gasteiger charge is 2.11. The number of hydrogen-bond acceptors (Lipinski definition) is 3. The van der Waals surface area contributed by atoms with E-state index in [2.05, 4.69) is 21.2 Å². The van der Waals surface area contributed by atoms with Crippen LogP contribution in [-0.4, -0.2) is 17.6 Å². The number of aliphatic hydroxyl groups is 1. The van der Waals surface area contributed by atoms with Gasteiger partial charge in [-0.3, -0.25) is 4.79 Å². The number of rotatable bonds is 5. The molecule has 1 heterocycles. The molecule has 1 aromatic heterocycles. The maximum atomic E-state index is 12.1. The maximum absolute atomic E-state index is 12.1. The fourth-order valence-electron chi connectivity index (χ4n) is 1.82. The van der Waals surface area contributed by atoms with Crippen molar-refractivity contribution in [2.45, 2.75) is 19.4 Å². The summed E-state index contributed by atoms with van der Waals surface area (Å²) in [6, 6.07) is 9.08. The Morgan fingerprint density at radius 2 is 2.19 bits per heavy atom. The quantitative estimate of drug-likeness (QED) is 0.807. The normalized spacial score (nSPS) is 12.2. The Morgan fingerprint density at radius 1 is 1.43 bits per heavy atom. The lowest BCUT2D eigenvalue weighted by atomic mass is 10.2. The van der Waals surface area contributed by atoms with Crippen LogP contribution < -0.4 is 5.32 Å². The first kappa shape index (κ1) is 16.5. The summed E-state index contributed by atoms with van der Waals surface area (Å²) in [6.45, 7) is 2.27. The van der Waals surface area contributed by atoms with Crippen LogP contribution in [0, 0.1) is 0 Å². The highest BCUT2D eigenvalue weighted by Crippen LogP contribution is 2.23. The van der Waals surface area contributed by atoms with E-state index in [1.54, 1.807) is 36.5 Å². The molecule has 0 aliphatic rings. The van der Waals surface area contributed by atoms with Gasteiger partial charge in [0, 0.05) is 20.8 Å². The molecule has 0 saturated carbocycles. The van der Waals surface area contributed by atoms with Gasteiger partial charge in [0.25, 0.3) is 5.91 Å². The van der Waals surface area contributed by atoms with Crippen molar-refractivity contribution in [1.82, 2.24) is 5.32 Å². The average Bonchev–Trinajstić information content (AvgIpc) is 2.90. The SMILES string of the molecule is C[C@@H](O)c1ccc(CCNC(=O)c2cc(Br)ccc2Cl)s1. The third-order valence-electron chi connectivity index (χ3n) is 2.92. The Hall–Kier alpha value is -0.880. The molecule has 3 nitrogen and oxygen atoms in total. The van der Waals surface area contributed by atoms with Crippen LogP contribution in [0.25, 0.3) is 0 Å². The molecule has 0 bridgehead atoms. The number of benzene rings is 1. The van der Waals surface area contributed by atoms with Crippen molar-refractivity contribution in [1.29, 1.82) is 0 Å². The summed E-state index contributed by atoms with van der Waals surface area (Å²) < 4.78 is 0.817. The van der Waals surface area contributed by atoms with Crippen molar-refractivity contribution in [2.75, 3.05) is 6.54 Å². The number of carbonyl (C=O) groups is 1. The maximum Gasteiger partial charge on any atom is 0.252 e. The molecule has 1 atom stereocenters. The van der Waals surface area contributed by atoms with E-state index in [1.807, 2.05) is 12.1 Å². The molecule has 0 fully saturated rings. The monoisotopic (exact) mass is 387 g/mol. The molecule has 0 aliphatic carbocycles. The molecule has 2 aromatic rings. The minimum Gasteiger partial charge on any atom is -0.388 e. The highest BCUT2D eigenvalue weighted by molar-refractivity contribution is 9.10. The van der Waals surface area contributed by atoms with E-state index in [4.69, 9.17) is 11.6 Å². The van der Waals surface area contributed by atoms with Crippen molar-refractivity contribution in [3.05, 3.63) is 55.1 Å². The van der Waals surface area contributed by atoms with Gasteiger partial charge in [-0.15, -0.1) is 11.3 Å². The fourth-order valence-corrected chi connectivity index (χ4v) is 3.33. The molecule has 1 amide bonds. The lowest BCUT2D eigenvalue weighted by molar-refractivity contribution is 0.0954. The smallest absolute Gasteiger partial charge is 0.252 e. The summed E-state index contributed by atoms with van der Waals surface area (Å²) in [5, 5.41) is 12.8. The van der Waals surface area contributed by atoms with E-state index in [0.29, 0.717) is 17.1 Å². The Balaban J connectivity index is 1.90. The number of nitrogens with one attached hydrogen (secondary N) is 1. The minimum absolute atomic E-state index is 0.186. The molecule has 112 valence electrons. The Labute approximate surface area is 141 Å². The Bertz CT molecular complexity index is 642. The van der Waals surface area contributed by atoms with Gasteiger partial charge in [0.15, 0.2) is 0 Å². The number of aliphatic hydroxyl groups excluding tert-OH is 1. The van der Waals surface area contributed by atoms with Crippen LogP contribution in [-0.2, 0) is 6.42 Å². The summed E-state index contributed by atoms with van der Waals surface area (Å²) in [5.41, 5.74) is 0.460. The summed E-state index contributed by atoms with van der Waals surface area (Å²) in [5.74, 6) is -0.186. The first-order chi connectivity index (χ1) is 9.97. The van der Waals surface area contributed by atoms with Crippen LogP contribution in [0.5, 0.6) is 0 Å². The predicted molar refractivity (Wildman–Crippen MR) is 90.1 cm³/mol. The van der Waals surface area contributed by atoms with Crippen LogP contribution in [0.3, 0.4) is 0 Å². The molecule has 0 radical (unpaired) electrons. The zero-order valence-electron chi connectivity index (χ0n) is 11.4. The number of hydrogen-bond donors (Lipinski definition) is 2. The van der Waals surface area contributed by atoms with Gasteiger partial charge in [0.2, 0.25) is 0 Å². The molecular weight excluding hydrogens is 374 g/mol. The van der Waals surface area contributed by atoms with Gasteiger partial charge in [0.1, 0.15) is 0 Å². The van der Waals surface area contributed by atoms with E-state index < -0.39 is 6.10 Å². The van der Waals surface area contributed by atoms with Crippen LogP contribution in [0.2, 0.25) is 5.02 Å². The van der Waals surface area contributed by atoms with Gasteiger partial charge in [-0.25, -0.2) is 0 Å². The number of carbonyl (C=O) groups excluding carboxylic acids is 1. The molecule has 0 saturated heterocycles. The number of thiophene rings is 1. The number of halogens is 2. The lowest BCUT2D eigenvalue weighted by Crippen LogP contribution is -2.25. The zero-order chi connectivity index (χ0) is 15.4. The molecular formula is C15H15BrClNO2S. The first-order valence-corrected chi connectivity index (χ1v) is 8.46. The van der Waals surface area contributed by atoms with Gasteiger partial charge in [-0.05, 0) is 43.7 Å². The van der Waals surface area contributed by atoms with Gasteiger partial charge >= 0.3 is 0 Å². The highest BCUT2D eigenvalue weighted by atomic mass is 79.9. The molecule has 2 rings (SSSR count). The second-order valence-electron chi connectivity index (χ2n) is 4.61. The molecule has 21 heavy (non-hydrogen) atoms. The fraction of sp³-hybridized carbons (Fsp3) is 0.267. The minimum atomic E-state index is -0.446. The van der Waals surface area contributed by atoms with E-state index in [9.17, 15) is 9.90 Å². The van der Waals surface area contributed by atoms with E-state index >= 15 is 0 Å². The predicted octanol–water partition coefficient (Wildman–Crippen LogP) is 4.19. The largest absolute Gasteiger partial charge is 0.388 e. The standard InChI is InChI=1S/C15H15BrClNO2S/c1-9(19)14-5-3-11(21-14)6-7-18-15(20)12-8-10(16)2-4-13(12)17/h2-5,8-9,19H,6-7H2,1H3,(H,18,20)/t9-/m1/s1.